The fourth-order valence-corrected chi connectivity index (χ4v) is 4.94. The monoisotopic (exact) mass is 299 g/mol. The first-order valence-electron chi connectivity index (χ1n) is 8.72. The van der Waals surface area contributed by atoms with Crippen molar-refractivity contribution >= 4 is 5.91 Å². The van der Waals surface area contributed by atoms with E-state index in [1.165, 1.54) is 11.1 Å². The zero-order valence-electron chi connectivity index (χ0n) is 13.1. The molecular weight excluding hydrogens is 274 g/mol. The summed E-state index contributed by atoms with van der Waals surface area (Å²) in [5, 5.41) is 10.4. The second-order valence-electron chi connectivity index (χ2n) is 7.51. The number of likely N-dealkylation sites (tertiary alicyclic amines) is 1. The Morgan fingerprint density at radius 3 is 2.45 bits per heavy atom. The highest BCUT2D eigenvalue weighted by Gasteiger charge is 2.46. The zero-order valence-corrected chi connectivity index (χ0v) is 13.1. The van der Waals surface area contributed by atoms with Crippen molar-refractivity contribution in [3.05, 3.63) is 35.4 Å². The van der Waals surface area contributed by atoms with Crippen LogP contribution in [0.1, 0.15) is 43.2 Å². The SMILES string of the molecule is O=C(C1Cc2ccccc2C1)N1CCC[C@@]2(CCC[C@H]2O)C1. The van der Waals surface area contributed by atoms with E-state index in [0.29, 0.717) is 5.91 Å². The average Bonchev–Trinajstić information content (AvgIpc) is 3.11. The molecule has 22 heavy (non-hydrogen) atoms. The summed E-state index contributed by atoms with van der Waals surface area (Å²) in [4.78, 5) is 15.0. The minimum absolute atomic E-state index is 0.000629. The number of aliphatic hydroxyl groups is 1. The largest absolute Gasteiger partial charge is 0.392 e. The summed E-state index contributed by atoms with van der Waals surface area (Å²) >= 11 is 0. The third kappa shape index (κ3) is 2.26. The van der Waals surface area contributed by atoms with Gasteiger partial charge in [-0.1, -0.05) is 30.7 Å². The highest BCUT2D eigenvalue weighted by molar-refractivity contribution is 5.80. The smallest absolute Gasteiger partial charge is 0.226 e. The number of amides is 1. The number of piperidine rings is 1. The Balaban J connectivity index is 1.47. The Hall–Kier alpha value is -1.35. The fraction of sp³-hybridized carbons (Fsp3) is 0.632. The van der Waals surface area contributed by atoms with Gasteiger partial charge in [-0.05, 0) is 49.7 Å². The lowest BCUT2D eigenvalue weighted by Gasteiger charge is -2.43. The Bertz CT molecular complexity index is 560. The summed E-state index contributed by atoms with van der Waals surface area (Å²) in [5.74, 6) is 0.431. The molecule has 0 aromatic heterocycles. The van der Waals surface area contributed by atoms with Gasteiger partial charge in [0.1, 0.15) is 0 Å². The van der Waals surface area contributed by atoms with Crippen LogP contribution in [-0.2, 0) is 17.6 Å². The molecule has 3 heteroatoms. The van der Waals surface area contributed by atoms with Crippen molar-refractivity contribution < 1.29 is 9.90 Å². The highest BCUT2D eigenvalue weighted by Crippen LogP contribution is 2.45. The van der Waals surface area contributed by atoms with Crippen molar-refractivity contribution in [3.8, 4) is 0 Å². The molecule has 0 bridgehead atoms. The normalized spacial score (nSPS) is 31.7. The molecule has 1 aromatic rings. The summed E-state index contributed by atoms with van der Waals surface area (Å²) in [5.41, 5.74) is 2.68. The third-order valence-electron chi connectivity index (χ3n) is 6.18. The number of fused-ring (bicyclic) bond motifs is 1. The van der Waals surface area contributed by atoms with E-state index in [-0.39, 0.29) is 17.4 Å². The molecule has 0 radical (unpaired) electrons. The molecule has 1 aromatic carbocycles. The number of carbonyl (C=O) groups excluding carboxylic acids is 1. The highest BCUT2D eigenvalue weighted by atomic mass is 16.3. The van der Waals surface area contributed by atoms with Crippen LogP contribution in [0.4, 0.5) is 0 Å². The number of rotatable bonds is 1. The van der Waals surface area contributed by atoms with Crippen LogP contribution in [0.5, 0.6) is 0 Å². The average molecular weight is 299 g/mol. The molecule has 1 N–H and O–H groups in total. The molecule has 0 unspecified atom stereocenters. The van der Waals surface area contributed by atoms with Gasteiger partial charge < -0.3 is 10.0 Å². The van der Waals surface area contributed by atoms with Gasteiger partial charge in [0, 0.05) is 24.4 Å². The maximum Gasteiger partial charge on any atom is 0.226 e. The summed E-state index contributed by atoms with van der Waals surface area (Å²) < 4.78 is 0. The minimum Gasteiger partial charge on any atom is -0.392 e. The van der Waals surface area contributed by atoms with Crippen LogP contribution in [0.25, 0.3) is 0 Å². The Labute approximate surface area is 132 Å². The zero-order chi connectivity index (χ0) is 15.2. The first kappa shape index (κ1) is 14.3. The number of hydrogen-bond donors (Lipinski definition) is 1. The number of carbonyl (C=O) groups is 1. The molecule has 2 aliphatic carbocycles. The standard InChI is InChI=1S/C19H25NO2/c21-17-7-3-8-19(17)9-4-10-20(13-19)18(22)16-11-14-5-1-2-6-15(14)12-16/h1-2,5-6,16-17,21H,3-4,7-13H2/t17-,19+/m1/s1. The minimum atomic E-state index is -0.205. The van der Waals surface area contributed by atoms with Crippen molar-refractivity contribution in [2.24, 2.45) is 11.3 Å². The summed E-state index contributed by atoms with van der Waals surface area (Å²) in [6.45, 7) is 1.65. The molecule has 2 atom stereocenters. The van der Waals surface area contributed by atoms with Crippen molar-refractivity contribution in [2.75, 3.05) is 13.1 Å². The molecule has 1 amide bonds. The quantitative estimate of drug-likeness (QED) is 0.866. The van der Waals surface area contributed by atoms with E-state index in [1.54, 1.807) is 0 Å². The number of aliphatic hydroxyl groups excluding tert-OH is 1. The first-order chi connectivity index (χ1) is 10.7. The van der Waals surface area contributed by atoms with E-state index in [0.717, 1.165) is 58.0 Å². The van der Waals surface area contributed by atoms with Crippen LogP contribution in [0.15, 0.2) is 24.3 Å². The summed E-state index contributed by atoms with van der Waals surface area (Å²) in [7, 11) is 0. The van der Waals surface area contributed by atoms with Crippen molar-refractivity contribution in [3.63, 3.8) is 0 Å². The van der Waals surface area contributed by atoms with Crippen LogP contribution in [0, 0.1) is 11.3 Å². The van der Waals surface area contributed by atoms with Crippen LogP contribution >= 0.6 is 0 Å². The fourth-order valence-electron chi connectivity index (χ4n) is 4.94. The van der Waals surface area contributed by atoms with Gasteiger partial charge in [0.05, 0.1) is 6.10 Å². The number of benzene rings is 1. The van der Waals surface area contributed by atoms with Crippen LogP contribution < -0.4 is 0 Å². The lowest BCUT2D eigenvalue weighted by atomic mass is 9.76. The summed E-state index contributed by atoms with van der Waals surface area (Å²) in [6.07, 6.45) is 6.81. The molecule has 1 heterocycles. The maximum atomic E-state index is 13.0. The van der Waals surface area contributed by atoms with Gasteiger partial charge in [-0.15, -0.1) is 0 Å². The molecule has 1 saturated carbocycles. The second-order valence-corrected chi connectivity index (χ2v) is 7.51. The molecule has 1 spiro atoms. The number of hydrogen-bond acceptors (Lipinski definition) is 2. The van der Waals surface area contributed by atoms with Gasteiger partial charge in [-0.25, -0.2) is 0 Å². The van der Waals surface area contributed by atoms with Crippen LogP contribution in [-0.4, -0.2) is 35.1 Å². The predicted octanol–water partition coefficient (Wildman–Crippen LogP) is 2.56. The van der Waals surface area contributed by atoms with E-state index in [1.807, 2.05) is 0 Å². The molecule has 2 fully saturated rings. The second kappa shape index (κ2) is 5.38. The van der Waals surface area contributed by atoms with E-state index >= 15 is 0 Å². The van der Waals surface area contributed by atoms with E-state index in [4.69, 9.17) is 0 Å². The molecule has 1 aliphatic heterocycles. The van der Waals surface area contributed by atoms with Crippen LogP contribution in [0.3, 0.4) is 0 Å². The lowest BCUT2D eigenvalue weighted by Crippen LogP contribution is -2.51. The van der Waals surface area contributed by atoms with E-state index < -0.39 is 0 Å². The topological polar surface area (TPSA) is 40.5 Å². The predicted molar refractivity (Wildman–Crippen MR) is 85.4 cm³/mol. The van der Waals surface area contributed by atoms with Gasteiger partial charge in [0.2, 0.25) is 5.91 Å². The molecule has 4 rings (SSSR count). The Kier molecular flexibility index (Phi) is 3.48. The van der Waals surface area contributed by atoms with E-state index in [9.17, 15) is 9.90 Å². The van der Waals surface area contributed by atoms with Crippen LogP contribution in [0.2, 0.25) is 0 Å². The van der Waals surface area contributed by atoms with Gasteiger partial charge in [0.15, 0.2) is 0 Å². The molecule has 1 saturated heterocycles. The Morgan fingerprint density at radius 1 is 1.14 bits per heavy atom. The molecule has 118 valence electrons. The van der Waals surface area contributed by atoms with Crippen molar-refractivity contribution in [1.82, 2.24) is 4.90 Å². The van der Waals surface area contributed by atoms with Gasteiger partial charge >= 0.3 is 0 Å². The van der Waals surface area contributed by atoms with Gasteiger partial charge in [-0.3, -0.25) is 4.79 Å². The van der Waals surface area contributed by atoms with E-state index in [2.05, 4.69) is 29.2 Å². The first-order valence-corrected chi connectivity index (χ1v) is 8.72. The lowest BCUT2D eigenvalue weighted by molar-refractivity contribution is -0.140. The van der Waals surface area contributed by atoms with Gasteiger partial charge in [0.25, 0.3) is 0 Å². The number of nitrogens with zero attached hydrogens (tertiary/aromatic N) is 1. The molecule has 3 nitrogen and oxygen atoms in total. The molecular formula is C19H25NO2. The Morgan fingerprint density at radius 2 is 1.82 bits per heavy atom. The van der Waals surface area contributed by atoms with Crippen molar-refractivity contribution in [2.45, 2.75) is 51.0 Å². The van der Waals surface area contributed by atoms with Gasteiger partial charge in [-0.2, -0.15) is 0 Å². The van der Waals surface area contributed by atoms with Crippen molar-refractivity contribution in [1.29, 1.82) is 0 Å². The summed E-state index contributed by atoms with van der Waals surface area (Å²) in [6, 6.07) is 8.44. The maximum absolute atomic E-state index is 13.0. The molecule has 3 aliphatic rings. The third-order valence-corrected chi connectivity index (χ3v) is 6.18.